The highest BCUT2D eigenvalue weighted by Gasteiger charge is 2.25. The van der Waals surface area contributed by atoms with Gasteiger partial charge >= 0.3 is 6.09 Å². The first-order valence-electron chi connectivity index (χ1n) is 5.50. The van der Waals surface area contributed by atoms with Gasteiger partial charge in [0.05, 0.1) is 12.0 Å². The third-order valence-corrected chi connectivity index (χ3v) is 2.22. The molecule has 0 aromatic rings. The molecule has 0 aromatic carbocycles. The number of nitrogens with zero attached hydrogens (tertiary/aromatic N) is 2. The molecule has 5 nitrogen and oxygen atoms in total. The summed E-state index contributed by atoms with van der Waals surface area (Å²) in [6, 6.07) is 2.18. The van der Waals surface area contributed by atoms with E-state index in [1.54, 1.807) is 4.90 Å². The Labute approximate surface area is 109 Å². The molecule has 0 radical (unpaired) electrons. The SMILES string of the molecule is CC(C)(C)OC(=O)N1CCNCC(C#N)C1.Cl. The lowest BCUT2D eigenvalue weighted by Crippen LogP contribution is -2.39. The van der Waals surface area contributed by atoms with Crippen LogP contribution in [0.2, 0.25) is 0 Å². The Balaban J connectivity index is 0.00000256. The van der Waals surface area contributed by atoms with Gasteiger partial charge in [-0.05, 0) is 20.8 Å². The monoisotopic (exact) mass is 261 g/mol. The smallest absolute Gasteiger partial charge is 0.410 e. The Morgan fingerprint density at radius 3 is 2.71 bits per heavy atom. The highest BCUT2D eigenvalue weighted by molar-refractivity contribution is 5.85. The molecule has 6 heteroatoms. The standard InChI is InChI=1S/C11H19N3O2.ClH/c1-11(2,3)16-10(15)14-5-4-13-7-9(6-12)8-14;/h9,13H,4-5,7-8H2,1-3H3;1H. The van der Waals surface area contributed by atoms with Crippen molar-refractivity contribution >= 4 is 18.5 Å². The minimum absolute atomic E-state index is 0. The van der Waals surface area contributed by atoms with Crippen LogP contribution < -0.4 is 5.32 Å². The number of hydrogen-bond acceptors (Lipinski definition) is 4. The van der Waals surface area contributed by atoms with Crippen LogP contribution >= 0.6 is 12.4 Å². The topological polar surface area (TPSA) is 65.4 Å². The van der Waals surface area contributed by atoms with Crippen LogP contribution in [-0.2, 0) is 4.74 Å². The van der Waals surface area contributed by atoms with Crippen LogP contribution in [0, 0.1) is 17.2 Å². The number of carbonyl (C=O) groups excluding carboxylic acids is 1. The van der Waals surface area contributed by atoms with Gasteiger partial charge in [-0.3, -0.25) is 0 Å². The summed E-state index contributed by atoms with van der Waals surface area (Å²) in [6.07, 6.45) is -0.337. The number of nitrogens with one attached hydrogen (secondary N) is 1. The van der Waals surface area contributed by atoms with E-state index in [-0.39, 0.29) is 24.4 Å². The summed E-state index contributed by atoms with van der Waals surface area (Å²) in [6.45, 7) is 7.88. The Morgan fingerprint density at radius 1 is 1.53 bits per heavy atom. The first-order chi connectivity index (χ1) is 7.42. The van der Waals surface area contributed by atoms with Crippen molar-refractivity contribution in [1.29, 1.82) is 5.26 Å². The zero-order chi connectivity index (χ0) is 12.2. The number of halogens is 1. The van der Waals surface area contributed by atoms with Gasteiger partial charge in [0, 0.05) is 26.2 Å². The van der Waals surface area contributed by atoms with Crippen LogP contribution in [0.4, 0.5) is 4.79 Å². The zero-order valence-corrected chi connectivity index (χ0v) is 11.3. The Bertz CT molecular complexity index is 296. The molecule has 0 aliphatic carbocycles. The third kappa shape index (κ3) is 5.76. The summed E-state index contributed by atoms with van der Waals surface area (Å²) in [5, 5.41) is 12.0. The molecular formula is C11H20ClN3O2. The van der Waals surface area contributed by atoms with E-state index in [2.05, 4.69) is 11.4 Å². The van der Waals surface area contributed by atoms with Crippen molar-refractivity contribution in [3.8, 4) is 6.07 Å². The van der Waals surface area contributed by atoms with E-state index in [0.29, 0.717) is 26.2 Å². The van der Waals surface area contributed by atoms with E-state index in [1.807, 2.05) is 20.8 Å². The van der Waals surface area contributed by atoms with Crippen LogP contribution in [0.15, 0.2) is 0 Å². The van der Waals surface area contributed by atoms with Crippen LogP contribution in [-0.4, -0.2) is 42.8 Å². The molecule has 1 atom stereocenters. The van der Waals surface area contributed by atoms with E-state index >= 15 is 0 Å². The van der Waals surface area contributed by atoms with E-state index in [9.17, 15) is 4.79 Å². The second-order valence-electron chi connectivity index (χ2n) is 4.96. The van der Waals surface area contributed by atoms with Gasteiger partial charge in [-0.1, -0.05) is 0 Å². The van der Waals surface area contributed by atoms with Crippen molar-refractivity contribution in [2.24, 2.45) is 5.92 Å². The number of carbonyl (C=O) groups is 1. The molecule has 0 aromatic heterocycles. The lowest BCUT2D eigenvalue weighted by atomic mass is 10.1. The summed E-state index contributed by atoms with van der Waals surface area (Å²) >= 11 is 0. The fourth-order valence-corrected chi connectivity index (χ4v) is 1.49. The van der Waals surface area contributed by atoms with Crippen LogP contribution in [0.5, 0.6) is 0 Å². The van der Waals surface area contributed by atoms with Crippen LogP contribution in [0.25, 0.3) is 0 Å². The molecule has 1 heterocycles. The first kappa shape index (κ1) is 16.0. The minimum atomic E-state index is -0.487. The van der Waals surface area contributed by atoms with Crippen molar-refractivity contribution in [3.05, 3.63) is 0 Å². The number of ether oxygens (including phenoxy) is 1. The van der Waals surface area contributed by atoms with E-state index in [0.717, 1.165) is 0 Å². The quantitative estimate of drug-likeness (QED) is 0.716. The molecule has 1 N–H and O–H groups in total. The fourth-order valence-electron chi connectivity index (χ4n) is 1.49. The van der Waals surface area contributed by atoms with Gasteiger partial charge in [0.1, 0.15) is 5.60 Å². The number of hydrogen-bond donors (Lipinski definition) is 1. The van der Waals surface area contributed by atoms with Gasteiger partial charge in [0.2, 0.25) is 0 Å². The Kier molecular flexibility index (Phi) is 6.29. The van der Waals surface area contributed by atoms with Gasteiger partial charge in [-0.25, -0.2) is 4.79 Å². The summed E-state index contributed by atoms with van der Waals surface area (Å²) in [7, 11) is 0. The number of amides is 1. The summed E-state index contributed by atoms with van der Waals surface area (Å²) in [5.41, 5.74) is -0.487. The maximum atomic E-state index is 11.8. The molecule has 0 saturated carbocycles. The van der Waals surface area contributed by atoms with Crippen molar-refractivity contribution in [1.82, 2.24) is 10.2 Å². The summed E-state index contributed by atoms with van der Waals surface area (Å²) in [4.78, 5) is 13.4. The van der Waals surface area contributed by atoms with Gasteiger partial charge in [-0.15, -0.1) is 12.4 Å². The van der Waals surface area contributed by atoms with E-state index < -0.39 is 5.60 Å². The van der Waals surface area contributed by atoms with Gasteiger partial charge in [-0.2, -0.15) is 5.26 Å². The van der Waals surface area contributed by atoms with Crippen molar-refractivity contribution in [2.45, 2.75) is 26.4 Å². The predicted molar refractivity (Wildman–Crippen MR) is 67.0 cm³/mol. The first-order valence-corrected chi connectivity index (χ1v) is 5.50. The molecule has 98 valence electrons. The predicted octanol–water partition coefficient (Wildman–Crippen LogP) is 1.39. The lowest BCUT2D eigenvalue weighted by Gasteiger charge is -2.26. The molecule has 1 unspecified atom stereocenters. The number of rotatable bonds is 0. The van der Waals surface area contributed by atoms with Gasteiger partial charge in [0.15, 0.2) is 0 Å². The molecule has 1 amide bonds. The molecule has 1 saturated heterocycles. The van der Waals surface area contributed by atoms with Gasteiger partial charge < -0.3 is 15.0 Å². The average molecular weight is 262 g/mol. The molecule has 1 aliphatic rings. The van der Waals surface area contributed by atoms with Crippen molar-refractivity contribution in [3.63, 3.8) is 0 Å². The molecular weight excluding hydrogens is 242 g/mol. The maximum absolute atomic E-state index is 11.8. The minimum Gasteiger partial charge on any atom is -0.444 e. The van der Waals surface area contributed by atoms with Gasteiger partial charge in [0.25, 0.3) is 0 Å². The molecule has 0 spiro atoms. The highest BCUT2D eigenvalue weighted by Crippen LogP contribution is 2.11. The average Bonchev–Trinajstić information content (AvgIpc) is 2.39. The van der Waals surface area contributed by atoms with Crippen LogP contribution in [0.3, 0.4) is 0 Å². The fraction of sp³-hybridized carbons (Fsp3) is 0.818. The Morgan fingerprint density at radius 2 is 2.18 bits per heavy atom. The normalized spacial score (nSPS) is 20.8. The molecule has 1 aliphatic heterocycles. The molecule has 17 heavy (non-hydrogen) atoms. The largest absolute Gasteiger partial charge is 0.444 e. The number of nitriles is 1. The summed E-state index contributed by atoms with van der Waals surface area (Å²) in [5.74, 6) is -0.157. The van der Waals surface area contributed by atoms with E-state index in [1.165, 1.54) is 0 Å². The second kappa shape index (κ2) is 6.67. The molecule has 0 bridgehead atoms. The van der Waals surface area contributed by atoms with Crippen LogP contribution in [0.1, 0.15) is 20.8 Å². The lowest BCUT2D eigenvalue weighted by molar-refractivity contribution is 0.0251. The molecule has 1 rings (SSSR count). The maximum Gasteiger partial charge on any atom is 0.410 e. The second-order valence-corrected chi connectivity index (χ2v) is 4.96. The Hall–Kier alpha value is -0.990. The van der Waals surface area contributed by atoms with Crippen molar-refractivity contribution < 1.29 is 9.53 Å². The molecule has 1 fully saturated rings. The summed E-state index contributed by atoms with van der Waals surface area (Å²) < 4.78 is 5.28. The zero-order valence-electron chi connectivity index (χ0n) is 10.5. The van der Waals surface area contributed by atoms with Crippen molar-refractivity contribution in [2.75, 3.05) is 26.2 Å². The third-order valence-electron chi connectivity index (χ3n) is 2.22. The van der Waals surface area contributed by atoms with E-state index in [4.69, 9.17) is 10.00 Å². The highest BCUT2D eigenvalue weighted by atomic mass is 35.5.